The van der Waals surface area contributed by atoms with Crippen LogP contribution in [-0.2, 0) is 6.42 Å². The van der Waals surface area contributed by atoms with Gasteiger partial charge in [-0.2, -0.15) is 0 Å². The van der Waals surface area contributed by atoms with E-state index in [9.17, 15) is 0 Å². The quantitative estimate of drug-likeness (QED) is 0.855. The average molecular weight is 238 g/mol. The number of nitrogens with zero attached hydrogens (tertiary/aromatic N) is 1. The molecule has 0 radical (unpaired) electrons. The number of para-hydroxylation sites is 1. The molecule has 0 fully saturated rings. The first-order chi connectivity index (χ1) is 8.84. The van der Waals surface area contributed by atoms with Crippen LogP contribution in [-0.4, -0.2) is 13.6 Å². The van der Waals surface area contributed by atoms with Crippen molar-refractivity contribution < 1.29 is 0 Å². The maximum absolute atomic E-state index is 3.45. The molecule has 0 aliphatic carbocycles. The molecule has 18 heavy (non-hydrogen) atoms. The lowest BCUT2D eigenvalue weighted by Gasteiger charge is -2.23. The highest BCUT2D eigenvalue weighted by atomic mass is 15.1. The van der Waals surface area contributed by atoms with Crippen LogP contribution in [0.4, 0.5) is 17.1 Å². The van der Waals surface area contributed by atoms with E-state index < -0.39 is 0 Å². The molecule has 3 rings (SSSR count). The second-order valence-electron chi connectivity index (χ2n) is 4.77. The van der Waals surface area contributed by atoms with Gasteiger partial charge >= 0.3 is 0 Å². The first-order valence-electron chi connectivity index (χ1n) is 6.50. The Bertz CT molecular complexity index is 534. The van der Waals surface area contributed by atoms with Gasteiger partial charge in [0, 0.05) is 30.7 Å². The molecule has 0 spiro atoms. The molecule has 0 atom stereocenters. The van der Waals surface area contributed by atoms with Crippen molar-refractivity contribution in [3.05, 3.63) is 54.1 Å². The minimum Gasteiger partial charge on any atom is -0.385 e. The SMILES string of the molecule is CN(c1ccccc1)c1ccc2c(c1)CCCN2. The third kappa shape index (κ3) is 2.06. The molecule has 1 aliphatic heterocycles. The van der Waals surface area contributed by atoms with E-state index in [2.05, 4.69) is 59.7 Å². The third-order valence-electron chi connectivity index (χ3n) is 3.56. The van der Waals surface area contributed by atoms with Gasteiger partial charge in [-0.05, 0) is 48.7 Å². The van der Waals surface area contributed by atoms with Crippen molar-refractivity contribution in [2.24, 2.45) is 0 Å². The summed E-state index contributed by atoms with van der Waals surface area (Å²) in [5, 5.41) is 3.45. The minimum absolute atomic E-state index is 1.10. The second kappa shape index (κ2) is 4.73. The molecule has 1 N–H and O–H groups in total. The van der Waals surface area contributed by atoms with Gasteiger partial charge in [-0.15, -0.1) is 0 Å². The Hall–Kier alpha value is -1.96. The fraction of sp³-hybridized carbons (Fsp3) is 0.250. The van der Waals surface area contributed by atoms with E-state index in [0.717, 1.165) is 6.54 Å². The monoisotopic (exact) mass is 238 g/mol. The highest BCUT2D eigenvalue weighted by Gasteiger charge is 2.11. The predicted molar refractivity (Wildman–Crippen MR) is 77.8 cm³/mol. The fourth-order valence-electron chi connectivity index (χ4n) is 2.47. The highest BCUT2D eigenvalue weighted by molar-refractivity contribution is 5.67. The largest absolute Gasteiger partial charge is 0.385 e. The van der Waals surface area contributed by atoms with E-state index in [0.29, 0.717) is 0 Å². The lowest BCUT2D eigenvalue weighted by Crippen LogP contribution is -2.14. The van der Waals surface area contributed by atoms with E-state index in [4.69, 9.17) is 0 Å². The first-order valence-corrected chi connectivity index (χ1v) is 6.50. The van der Waals surface area contributed by atoms with Crippen molar-refractivity contribution in [2.45, 2.75) is 12.8 Å². The first kappa shape index (κ1) is 11.1. The normalized spacial score (nSPS) is 13.6. The van der Waals surface area contributed by atoms with Crippen molar-refractivity contribution in [1.29, 1.82) is 0 Å². The summed E-state index contributed by atoms with van der Waals surface area (Å²) in [5.74, 6) is 0. The fourth-order valence-corrected chi connectivity index (χ4v) is 2.47. The highest BCUT2D eigenvalue weighted by Crippen LogP contribution is 2.29. The van der Waals surface area contributed by atoms with Gasteiger partial charge in [0.25, 0.3) is 0 Å². The summed E-state index contributed by atoms with van der Waals surface area (Å²) >= 11 is 0. The standard InChI is InChI=1S/C16H18N2/c1-18(14-7-3-2-4-8-14)15-9-10-16-13(12-15)6-5-11-17-16/h2-4,7-10,12,17H,5-6,11H2,1H3. The predicted octanol–water partition coefficient (Wildman–Crippen LogP) is 3.81. The third-order valence-corrected chi connectivity index (χ3v) is 3.56. The molecule has 0 saturated heterocycles. The van der Waals surface area contributed by atoms with Crippen molar-refractivity contribution in [2.75, 3.05) is 23.8 Å². The maximum atomic E-state index is 3.45. The molecule has 0 saturated carbocycles. The van der Waals surface area contributed by atoms with Gasteiger partial charge in [-0.1, -0.05) is 18.2 Å². The van der Waals surface area contributed by atoms with Crippen LogP contribution >= 0.6 is 0 Å². The van der Waals surface area contributed by atoms with Crippen molar-refractivity contribution >= 4 is 17.1 Å². The molecule has 0 aromatic heterocycles. The van der Waals surface area contributed by atoms with Gasteiger partial charge in [0.1, 0.15) is 0 Å². The molecule has 2 nitrogen and oxygen atoms in total. The number of nitrogens with one attached hydrogen (secondary N) is 1. The van der Waals surface area contributed by atoms with E-state index in [-0.39, 0.29) is 0 Å². The number of benzene rings is 2. The zero-order valence-electron chi connectivity index (χ0n) is 10.7. The summed E-state index contributed by atoms with van der Waals surface area (Å²) < 4.78 is 0. The van der Waals surface area contributed by atoms with Crippen LogP contribution in [0.15, 0.2) is 48.5 Å². The molecule has 2 aromatic carbocycles. The van der Waals surface area contributed by atoms with Gasteiger partial charge in [-0.25, -0.2) is 0 Å². The minimum atomic E-state index is 1.10. The number of hydrogen-bond acceptors (Lipinski definition) is 2. The Morgan fingerprint density at radius 2 is 1.83 bits per heavy atom. The van der Waals surface area contributed by atoms with Crippen LogP contribution in [0.25, 0.3) is 0 Å². The molecule has 0 bridgehead atoms. The molecular weight excluding hydrogens is 220 g/mol. The summed E-state index contributed by atoms with van der Waals surface area (Å²) in [7, 11) is 2.12. The number of fused-ring (bicyclic) bond motifs is 1. The zero-order chi connectivity index (χ0) is 12.4. The number of hydrogen-bond donors (Lipinski definition) is 1. The van der Waals surface area contributed by atoms with Crippen LogP contribution in [0.2, 0.25) is 0 Å². The molecule has 2 heteroatoms. The van der Waals surface area contributed by atoms with E-state index in [1.54, 1.807) is 0 Å². The number of anilines is 3. The molecule has 0 unspecified atom stereocenters. The summed E-state index contributed by atoms with van der Waals surface area (Å²) in [4.78, 5) is 2.23. The molecule has 1 aliphatic rings. The van der Waals surface area contributed by atoms with Crippen LogP contribution in [0.1, 0.15) is 12.0 Å². The topological polar surface area (TPSA) is 15.3 Å². The van der Waals surface area contributed by atoms with Crippen molar-refractivity contribution in [3.63, 3.8) is 0 Å². The Balaban J connectivity index is 1.93. The Labute approximate surface area is 108 Å². The summed E-state index contributed by atoms with van der Waals surface area (Å²) in [6.07, 6.45) is 2.41. The molecule has 2 aromatic rings. The van der Waals surface area contributed by atoms with Gasteiger partial charge in [0.2, 0.25) is 0 Å². The molecule has 92 valence electrons. The number of rotatable bonds is 2. The maximum Gasteiger partial charge on any atom is 0.0412 e. The zero-order valence-corrected chi connectivity index (χ0v) is 10.7. The van der Waals surface area contributed by atoms with Gasteiger partial charge in [0.05, 0.1) is 0 Å². The lowest BCUT2D eigenvalue weighted by molar-refractivity contribution is 0.830. The smallest absolute Gasteiger partial charge is 0.0412 e. The average Bonchev–Trinajstić information content (AvgIpc) is 2.47. The van der Waals surface area contributed by atoms with Crippen molar-refractivity contribution in [3.8, 4) is 0 Å². The summed E-state index contributed by atoms with van der Waals surface area (Å²) in [6, 6.07) is 17.2. The molecule has 0 amide bonds. The van der Waals surface area contributed by atoms with Gasteiger partial charge in [0.15, 0.2) is 0 Å². The second-order valence-corrected chi connectivity index (χ2v) is 4.77. The molecular formula is C16H18N2. The Morgan fingerprint density at radius 1 is 1.00 bits per heavy atom. The van der Waals surface area contributed by atoms with Crippen LogP contribution in [0.3, 0.4) is 0 Å². The van der Waals surface area contributed by atoms with E-state index >= 15 is 0 Å². The Morgan fingerprint density at radius 3 is 2.67 bits per heavy atom. The summed E-state index contributed by atoms with van der Waals surface area (Å²) in [5.41, 5.74) is 5.21. The van der Waals surface area contributed by atoms with Gasteiger partial charge < -0.3 is 10.2 Å². The van der Waals surface area contributed by atoms with Crippen LogP contribution in [0, 0.1) is 0 Å². The van der Waals surface area contributed by atoms with Gasteiger partial charge in [-0.3, -0.25) is 0 Å². The van der Waals surface area contributed by atoms with Crippen LogP contribution < -0.4 is 10.2 Å². The molecule has 1 heterocycles. The van der Waals surface area contributed by atoms with E-state index in [1.807, 2.05) is 6.07 Å². The summed E-state index contributed by atoms with van der Waals surface area (Å²) in [6.45, 7) is 1.10. The van der Waals surface area contributed by atoms with Crippen molar-refractivity contribution in [1.82, 2.24) is 0 Å². The van der Waals surface area contributed by atoms with Crippen LogP contribution in [0.5, 0.6) is 0 Å². The lowest BCUT2D eigenvalue weighted by atomic mass is 10.0. The number of aryl methyl sites for hydroxylation is 1. The van der Waals surface area contributed by atoms with E-state index in [1.165, 1.54) is 35.5 Å². The Kier molecular flexibility index (Phi) is 2.93.